The summed E-state index contributed by atoms with van der Waals surface area (Å²) >= 11 is 1.62. The van der Waals surface area contributed by atoms with Crippen LogP contribution in [0.25, 0.3) is 0 Å². The summed E-state index contributed by atoms with van der Waals surface area (Å²) in [6.45, 7) is 5.07. The SMILES string of the molecule is CCNC(c1cncc(C)c1)c1cscn1. The van der Waals surface area contributed by atoms with Crippen molar-refractivity contribution in [3.05, 3.63) is 46.2 Å². The van der Waals surface area contributed by atoms with Gasteiger partial charge in [0.25, 0.3) is 0 Å². The van der Waals surface area contributed by atoms with Gasteiger partial charge < -0.3 is 5.32 Å². The molecule has 0 saturated carbocycles. The molecule has 16 heavy (non-hydrogen) atoms. The zero-order chi connectivity index (χ0) is 11.4. The molecular formula is C12H15N3S. The number of rotatable bonds is 4. The quantitative estimate of drug-likeness (QED) is 0.882. The van der Waals surface area contributed by atoms with Crippen molar-refractivity contribution < 1.29 is 0 Å². The lowest BCUT2D eigenvalue weighted by molar-refractivity contribution is 0.616. The molecule has 2 rings (SSSR count). The van der Waals surface area contributed by atoms with Crippen LogP contribution in [0, 0.1) is 6.92 Å². The number of nitrogens with one attached hydrogen (secondary N) is 1. The Balaban J connectivity index is 2.33. The smallest absolute Gasteiger partial charge is 0.0795 e. The van der Waals surface area contributed by atoms with Crippen LogP contribution in [0.15, 0.2) is 29.4 Å². The van der Waals surface area contributed by atoms with E-state index in [0.717, 1.165) is 12.2 Å². The third kappa shape index (κ3) is 2.46. The Morgan fingerprint density at radius 1 is 1.44 bits per heavy atom. The number of pyridine rings is 1. The van der Waals surface area contributed by atoms with Gasteiger partial charge in [0.2, 0.25) is 0 Å². The van der Waals surface area contributed by atoms with Gasteiger partial charge in [-0.15, -0.1) is 11.3 Å². The van der Waals surface area contributed by atoms with Crippen LogP contribution in [0.1, 0.15) is 29.8 Å². The minimum absolute atomic E-state index is 0.156. The lowest BCUT2D eigenvalue weighted by atomic mass is 10.1. The molecule has 0 fully saturated rings. The molecule has 4 heteroatoms. The summed E-state index contributed by atoms with van der Waals surface area (Å²) in [4.78, 5) is 8.60. The highest BCUT2D eigenvalue weighted by Gasteiger charge is 2.14. The predicted octanol–water partition coefficient (Wildman–Crippen LogP) is 2.55. The highest BCUT2D eigenvalue weighted by molar-refractivity contribution is 7.07. The summed E-state index contributed by atoms with van der Waals surface area (Å²) in [6.07, 6.45) is 3.77. The first-order valence-electron chi connectivity index (χ1n) is 5.34. The summed E-state index contributed by atoms with van der Waals surface area (Å²) in [5.74, 6) is 0. The number of thiazole rings is 1. The number of aromatic nitrogens is 2. The van der Waals surface area contributed by atoms with Crippen LogP contribution in [0.4, 0.5) is 0 Å². The molecule has 0 spiro atoms. The topological polar surface area (TPSA) is 37.8 Å². The molecule has 1 atom stereocenters. The van der Waals surface area contributed by atoms with E-state index in [1.807, 2.05) is 17.9 Å². The summed E-state index contributed by atoms with van der Waals surface area (Å²) in [5, 5.41) is 5.51. The van der Waals surface area contributed by atoms with Crippen LogP contribution in [-0.4, -0.2) is 16.5 Å². The van der Waals surface area contributed by atoms with Crippen molar-refractivity contribution in [1.82, 2.24) is 15.3 Å². The van der Waals surface area contributed by atoms with Crippen molar-refractivity contribution in [1.29, 1.82) is 0 Å². The number of hydrogen-bond donors (Lipinski definition) is 1. The fourth-order valence-corrected chi connectivity index (χ4v) is 2.28. The second-order valence-electron chi connectivity index (χ2n) is 3.70. The molecule has 0 bridgehead atoms. The standard InChI is InChI=1S/C12H15N3S/c1-3-14-12(11-7-16-8-15-11)10-4-9(2)5-13-6-10/h4-8,12,14H,3H2,1-2H3. The maximum atomic E-state index is 4.37. The van der Waals surface area contributed by atoms with E-state index in [2.05, 4.69) is 40.6 Å². The van der Waals surface area contributed by atoms with Crippen LogP contribution in [-0.2, 0) is 0 Å². The van der Waals surface area contributed by atoms with Gasteiger partial charge in [0.1, 0.15) is 0 Å². The zero-order valence-corrected chi connectivity index (χ0v) is 10.3. The second kappa shape index (κ2) is 5.18. The van der Waals surface area contributed by atoms with Crippen molar-refractivity contribution in [2.75, 3.05) is 6.54 Å². The average molecular weight is 233 g/mol. The summed E-state index contributed by atoms with van der Waals surface area (Å²) < 4.78 is 0. The Morgan fingerprint density at radius 2 is 2.31 bits per heavy atom. The molecule has 84 valence electrons. The molecule has 0 aromatic carbocycles. The molecule has 1 unspecified atom stereocenters. The third-order valence-electron chi connectivity index (χ3n) is 2.38. The van der Waals surface area contributed by atoms with Gasteiger partial charge in [-0.25, -0.2) is 4.98 Å². The van der Waals surface area contributed by atoms with Gasteiger partial charge in [-0.3, -0.25) is 4.98 Å². The molecule has 0 aliphatic heterocycles. The van der Waals surface area contributed by atoms with E-state index < -0.39 is 0 Å². The molecular weight excluding hydrogens is 218 g/mol. The van der Waals surface area contributed by atoms with E-state index in [1.165, 1.54) is 11.1 Å². The van der Waals surface area contributed by atoms with Gasteiger partial charge in [-0.05, 0) is 24.6 Å². The molecule has 2 aromatic heterocycles. The first kappa shape index (κ1) is 11.2. The molecule has 3 nitrogen and oxygen atoms in total. The monoisotopic (exact) mass is 233 g/mol. The molecule has 0 saturated heterocycles. The predicted molar refractivity (Wildman–Crippen MR) is 66.6 cm³/mol. The Labute approximate surface area is 99.6 Å². The second-order valence-corrected chi connectivity index (χ2v) is 4.42. The van der Waals surface area contributed by atoms with Gasteiger partial charge in [0.05, 0.1) is 17.2 Å². The molecule has 0 amide bonds. The van der Waals surface area contributed by atoms with Crippen molar-refractivity contribution in [3.63, 3.8) is 0 Å². The van der Waals surface area contributed by atoms with Crippen molar-refractivity contribution in [3.8, 4) is 0 Å². The Kier molecular flexibility index (Phi) is 3.64. The van der Waals surface area contributed by atoms with Crippen molar-refractivity contribution in [2.45, 2.75) is 19.9 Å². The van der Waals surface area contributed by atoms with Crippen LogP contribution >= 0.6 is 11.3 Å². The lowest BCUT2D eigenvalue weighted by Crippen LogP contribution is -2.22. The third-order valence-corrected chi connectivity index (χ3v) is 2.99. The van der Waals surface area contributed by atoms with Gasteiger partial charge in [-0.2, -0.15) is 0 Å². The summed E-state index contributed by atoms with van der Waals surface area (Å²) in [5.41, 5.74) is 5.28. The average Bonchev–Trinajstić information content (AvgIpc) is 2.79. The highest BCUT2D eigenvalue weighted by atomic mass is 32.1. The number of nitrogens with zero attached hydrogens (tertiary/aromatic N) is 2. The van der Waals surface area contributed by atoms with Crippen LogP contribution in [0.2, 0.25) is 0 Å². The van der Waals surface area contributed by atoms with Crippen LogP contribution in [0.3, 0.4) is 0 Å². The fourth-order valence-electron chi connectivity index (χ4n) is 1.70. The minimum atomic E-state index is 0.156. The Morgan fingerprint density at radius 3 is 2.94 bits per heavy atom. The van der Waals surface area contributed by atoms with Gasteiger partial charge >= 0.3 is 0 Å². The number of aryl methyl sites for hydroxylation is 1. The zero-order valence-electron chi connectivity index (χ0n) is 9.47. The Bertz CT molecular complexity index is 439. The molecule has 1 N–H and O–H groups in total. The normalized spacial score (nSPS) is 12.6. The maximum absolute atomic E-state index is 4.37. The van der Waals surface area contributed by atoms with E-state index in [0.29, 0.717) is 0 Å². The molecule has 2 aromatic rings. The highest BCUT2D eigenvalue weighted by Crippen LogP contribution is 2.21. The van der Waals surface area contributed by atoms with Gasteiger partial charge in [-0.1, -0.05) is 13.0 Å². The van der Waals surface area contributed by atoms with E-state index in [1.54, 1.807) is 11.3 Å². The van der Waals surface area contributed by atoms with Crippen LogP contribution < -0.4 is 5.32 Å². The molecule has 2 heterocycles. The first-order chi connectivity index (χ1) is 7.81. The molecule has 0 radical (unpaired) electrons. The lowest BCUT2D eigenvalue weighted by Gasteiger charge is -2.16. The van der Waals surface area contributed by atoms with E-state index >= 15 is 0 Å². The maximum Gasteiger partial charge on any atom is 0.0795 e. The fraction of sp³-hybridized carbons (Fsp3) is 0.333. The van der Waals surface area contributed by atoms with Gasteiger partial charge in [0.15, 0.2) is 0 Å². The largest absolute Gasteiger partial charge is 0.305 e. The summed E-state index contributed by atoms with van der Waals surface area (Å²) in [6, 6.07) is 2.31. The van der Waals surface area contributed by atoms with Crippen molar-refractivity contribution in [2.24, 2.45) is 0 Å². The summed E-state index contributed by atoms with van der Waals surface area (Å²) in [7, 11) is 0. The molecule has 0 aliphatic carbocycles. The Hall–Kier alpha value is -1.26. The molecule has 0 aliphatic rings. The van der Waals surface area contributed by atoms with E-state index in [9.17, 15) is 0 Å². The van der Waals surface area contributed by atoms with E-state index in [-0.39, 0.29) is 6.04 Å². The van der Waals surface area contributed by atoms with Crippen molar-refractivity contribution >= 4 is 11.3 Å². The first-order valence-corrected chi connectivity index (χ1v) is 6.28. The van der Waals surface area contributed by atoms with E-state index in [4.69, 9.17) is 0 Å². The van der Waals surface area contributed by atoms with Gasteiger partial charge in [0, 0.05) is 17.8 Å². The van der Waals surface area contributed by atoms with Crippen LogP contribution in [0.5, 0.6) is 0 Å². The minimum Gasteiger partial charge on any atom is -0.305 e. The number of hydrogen-bond acceptors (Lipinski definition) is 4.